The molecular weight excluding hydrogens is 220 g/mol. The fourth-order valence-electron chi connectivity index (χ4n) is 3.01. The standard InChI is InChI=1S/C16H24N2/c1-12-3-4-13(2)15(9-12)10-18-8-7-17-16(11-18)14-5-6-14/h3-4,9,14,16-17H,5-8,10-11H2,1-2H3. The molecular formula is C16H24N2. The fraction of sp³-hybridized carbons (Fsp3) is 0.625. The molecule has 1 aromatic carbocycles. The van der Waals surface area contributed by atoms with Gasteiger partial charge in [0.25, 0.3) is 0 Å². The van der Waals surface area contributed by atoms with Crippen molar-refractivity contribution in [3.63, 3.8) is 0 Å². The summed E-state index contributed by atoms with van der Waals surface area (Å²) in [5.74, 6) is 0.964. The zero-order valence-corrected chi connectivity index (χ0v) is 11.6. The topological polar surface area (TPSA) is 15.3 Å². The van der Waals surface area contributed by atoms with Gasteiger partial charge in [0.2, 0.25) is 0 Å². The molecule has 1 aromatic rings. The average Bonchev–Trinajstić information content (AvgIpc) is 3.18. The molecule has 1 unspecified atom stereocenters. The van der Waals surface area contributed by atoms with E-state index in [0.717, 1.165) is 25.0 Å². The highest BCUT2D eigenvalue weighted by Crippen LogP contribution is 2.33. The number of hydrogen-bond donors (Lipinski definition) is 1. The number of rotatable bonds is 3. The normalized spacial score (nSPS) is 25.3. The third-order valence-corrected chi connectivity index (χ3v) is 4.38. The van der Waals surface area contributed by atoms with Gasteiger partial charge in [0.15, 0.2) is 0 Å². The lowest BCUT2D eigenvalue weighted by Gasteiger charge is -2.34. The molecule has 2 fully saturated rings. The maximum atomic E-state index is 3.68. The van der Waals surface area contributed by atoms with Crippen molar-refractivity contribution in [2.75, 3.05) is 19.6 Å². The molecule has 0 radical (unpaired) electrons. The first-order valence-electron chi connectivity index (χ1n) is 7.24. The first-order chi connectivity index (χ1) is 8.72. The predicted octanol–water partition coefficient (Wildman–Crippen LogP) is 2.49. The summed E-state index contributed by atoms with van der Waals surface area (Å²) in [7, 11) is 0. The van der Waals surface area contributed by atoms with Gasteiger partial charge in [-0.05, 0) is 43.7 Å². The van der Waals surface area contributed by atoms with E-state index in [4.69, 9.17) is 0 Å². The van der Waals surface area contributed by atoms with Crippen LogP contribution in [0.2, 0.25) is 0 Å². The summed E-state index contributed by atoms with van der Waals surface area (Å²) < 4.78 is 0. The molecule has 0 bridgehead atoms. The molecule has 3 rings (SSSR count). The van der Waals surface area contributed by atoms with E-state index in [1.807, 2.05) is 0 Å². The van der Waals surface area contributed by atoms with E-state index in [1.54, 1.807) is 0 Å². The van der Waals surface area contributed by atoms with E-state index < -0.39 is 0 Å². The van der Waals surface area contributed by atoms with Crippen molar-refractivity contribution < 1.29 is 0 Å². The Kier molecular flexibility index (Phi) is 3.40. The van der Waals surface area contributed by atoms with Crippen LogP contribution in [0.4, 0.5) is 0 Å². The average molecular weight is 244 g/mol. The molecule has 2 nitrogen and oxygen atoms in total. The molecule has 98 valence electrons. The van der Waals surface area contributed by atoms with Crippen LogP contribution in [0.5, 0.6) is 0 Å². The van der Waals surface area contributed by atoms with Crippen molar-refractivity contribution >= 4 is 0 Å². The van der Waals surface area contributed by atoms with Crippen LogP contribution >= 0.6 is 0 Å². The largest absolute Gasteiger partial charge is 0.311 e. The van der Waals surface area contributed by atoms with Crippen LogP contribution in [-0.2, 0) is 6.54 Å². The molecule has 0 aromatic heterocycles. The Morgan fingerprint density at radius 1 is 1.28 bits per heavy atom. The number of benzene rings is 1. The van der Waals surface area contributed by atoms with Crippen molar-refractivity contribution in [3.8, 4) is 0 Å². The lowest BCUT2D eigenvalue weighted by atomic mass is 10.0. The predicted molar refractivity (Wildman–Crippen MR) is 75.7 cm³/mol. The Morgan fingerprint density at radius 3 is 2.89 bits per heavy atom. The second-order valence-electron chi connectivity index (χ2n) is 6.06. The van der Waals surface area contributed by atoms with Gasteiger partial charge in [-0.2, -0.15) is 0 Å². The molecule has 2 aliphatic rings. The molecule has 1 aliphatic carbocycles. The third-order valence-electron chi connectivity index (χ3n) is 4.38. The van der Waals surface area contributed by atoms with Crippen LogP contribution in [0.15, 0.2) is 18.2 Å². The Morgan fingerprint density at radius 2 is 2.11 bits per heavy atom. The number of nitrogens with one attached hydrogen (secondary N) is 1. The van der Waals surface area contributed by atoms with E-state index in [9.17, 15) is 0 Å². The molecule has 1 saturated carbocycles. The maximum Gasteiger partial charge on any atom is 0.0237 e. The second kappa shape index (κ2) is 5.02. The van der Waals surface area contributed by atoms with Crippen LogP contribution in [0.1, 0.15) is 29.5 Å². The van der Waals surface area contributed by atoms with Gasteiger partial charge < -0.3 is 5.32 Å². The van der Waals surface area contributed by atoms with Gasteiger partial charge in [-0.3, -0.25) is 4.90 Å². The maximum absolute atomic E-state index is 3.68. The molecule has 1 N–H and O–H groups in total. The summed E-state index contributed by atoms with van der Waals surface area (Å²) in [5.41, 5.74) is 4.32. The number of aryl methyl sites for hydroxylation is 2. The van der Waals surface area contributed by atoms with E-state index in [0.29, 0.717) is 0 Å². The Bertz CT molecular complexity index is 423. The van der Waals surface area contributed by atoms with Crippen LogP contribution in [0.3, 0.4) is 0 Å². The molecule has 18 heavy (non-hydrogen) atoms. The zero-order chi connectivity index (χ0) is 12.5. The highest BCUT2D eigenvalue weighted by Gasteiger charge is 2.33. The van der Waals surface area contributed by atoms with Crippen LogP contribution in [0.25, 0.3) is 0 Å². The Labute approximate surface area is 110 Å². The van der Waals surface area contributed by atoms with E-state index in [-0.39, 0.29) is 0 Å². The van der Waals surface area contributed by atoms with Gasteiger partial charge in [-0.15, -0.1) is 0 Å². The van der Waals surface area contributed by atoms with E-state index in [2.05, 4.69) is 42.3 Å². The zero-order valence-electron chi connectivity index (χ0n) is 11.6. The molecule has 1 atom stereocenters. The summed E-state index contributed by atoms with van der Waals surface area (Å²) in [4.78, 5) is 2.63. The highest BCUT2D eigenvalue weighted by atomic mass is 15.2. The van der Waals surface area contributed by atoms with E-state index in [1.165, 1.54) is 42.6 Å². The van der Waals surface area contributed by atoms with Crippen molar-refractivity contribution in [2.24, 2.45) is 5.92 Å². The molecule has 1 heterocycles. The lowest BCUT2D eigenvalue weighted by Crippen LogP contribution is -2.51. The summed E-state index contributed by atoms with van der Waals surface area (Å²) in [6, 6.07) is 7.57. The monoisotopic (exact) mass is 244 g/mol. The number of hydrogen-bond acceptors (Lipinski definition) is 2. The smallest absolute Gasteiger partial charge is 0.0237 e. The first kappa shape index (κ1) is 12.2. The lowest BCUT2D eigenvalue weighted by molar-refractivity contribution is 0.181. The van der Waals surface area contributed by atoms with Gasteiger partial charge in [-0.1, -0.05) is 23.8 Å². The van der Waals surface area contributed by atoms with Crippen LogP contribution in [-0.4, -0.2) is 30.6 Å². The van der Waals surface area contributed by atoms with Crippen molar-refractivity contribution in [1.29, 1.82) is 0 Å². The first-order valence-corrected chi connectivity index (χ1v) is 7.24. The minimum atomic E-state index is 0.754. The molecule has 0 amide bonds. The molecule has 1 aliphatic heterocycles. The minimum absolute atomic E-state index is 0.754. The Balaban J connectivity index is 1.65. The summed E-state index contributed by atoms with van der Waals surface area (Å²) >= 11 is 0. The van der Waals surface area contributed by atoms with Crippen molar-refractivity contribution in [3.05, 3.63) is 34.9 Å². The summed E-state index contributed by atoms with van der Waals surface area (Å²) in [6.45, 7) is 9.13. The highest BCUT2D eigenvalue weighted by molar-refractivity contribution is 5.30. The number of nitrogens with zero attached hydrogens (tertiary/aromatic N) is 1. The van der Waals surface area contributed by atoms with Crippen LogP contribution in [0, 0.1) is 19.8 Å². The second-order valence-corrected chi connectivity index (χ2v) is 6.06. The van der Waals surface area contributed by atoms with Gasteiger partial charge >= 0.3 is 0 Å². The van der Waals surface area contributed by atoms with Gasteiger partial charge in [0, 0.05) is 32.2 Å². The fourth-order valence-corrected chi connectivity index (χ4v) is 3.01. The molecule has 0 spiro atoms. The van der Waals surface area contributed by atoms with Crippen molar-refractivity contribution in [1.82, 2.24) is 10.2 Å². The molecule has 1 saturated heterocycles. The van der Waals surface area contributed by atoms with Crippen LogP contribution < -0.4 is 5.32 Å². The van der Waals surface area contributed by atoms with Gasteiger partial charge in [0.05, 0.1) is 0 Å². The summed E-state index contributed by atoms with van der Waals surface area (Å²) in [6.07, 6.45) is 2.88. The quantitative estimate of drug-likeness (QED) is 0.879. The van der Waals surface area contributed by atoms with Gasteiger partial charge in [0.1, 0.15) is 0 Å². The number of piperazine rings is 1. The Hall–Kier alpha value is -0.860. The third kappa shape index (κ3) is 2.76. The van der Waals surface area contributed by atoms with E-state index >= 15 is 0 Å². The van der Waals surface area contributed by atoms with Gasteiger partial charge in [-0.25, -0.2) is 0 Å². The molecule has 2 heteroatoms. The summed E-state index contributed by atoms with van der Waals surface area (Å²) in [5, 5.41) is 3.68. The SMILES string of the molecule is Cc1ccc(C)c(CN2CCNC(C3CC3)C2)c1. The minimum Gasteiger partial charge on any atom is -0.311 e. The van der Waals surface area contributed by atoms with Crippen molar-refractivity contribution in [2.45, 2.75) is 39.3 Å².